The first-order chi connectivity index (χ1) is 11.3. The minimum absolute atomic E-state index is 0.0507. The highest BCUT2D eigenvalue weighted by atomic mass is 32.2. The van der Waals surface area contributed by atoms with Gasteiger partial charge in [-0.1, -0.05) is 6.58 Å². The lowest BCUT2D eigenvalue weighted by Crippen LogP contribution is -2.13. The van der Waals surface area contributed by atoms with Crippen LogP contribution >= 0.6 is 0 Å². The highest BCUT2D eigenvalue weighted by Crippen LogP contribution is 2.19. The highest BCUT2D eigenvalue weighted by Gasteiger charge is 2.14. The molecule has 2 aromatic rings. The van der Waals surface area contributed by atoms with Gasteiger partial charge in [0.05, 0.1) is 4.90 Å². The summed E-state index contributed by atoms with van der Waals surface area (Å²) in [6.07, 6.45) is 1.12. The molecule has 2 rings (SSSR count). The van der Waals surface area contributed by atoms with Crippen LogP contribution in [0, 0.1) is 0 Å². The number of anilines is 2. The van der Waals surface area contributed by atoms with Crippen LogP contribution in [0.1, 0.15) is 17.3 Å². The molecule has 0 radical (unpaired) electrons. The molecule has 0 atom stereocenters. The Bertz CT molecular complexity index is 870. The fourth-order valence-electron chi connectivity index (χ4n) is 1.90. The number of rotatable bonds is 6. The Morgan fingerprint density at radius 1 is 0.958 bits per heavy atom. The van der Waals surface area contributed by atoms with Gasteiger partial charge in [-0.05, 0) is 61.5 Å². The summed E-state index contributed by atoms with van der Waals surface area (Å²) in [7, 11) is -3.77. The number of benzene rings is 2. The number of nitrogens with one attached hydrogen (secondary N) is 2. The van der Waals surface area contributed by atoms with Crippen LogP contribution in [0.4, 0.5) is 11.4 Å². The van der Waals surface area contributed by atoms with Crippen LogP contribution in [0.25, 0.3) is 0 Å². The molecule has 0 spiro atoms. The lowest BCUT2D eigenvalue weighted by atomic mass is 10.1. The lowest BCUT2D eigenvalue weighted by Gasteiger charge is -2.09. The zero-order valence-electron chi connectivity index (χ0n) is 12.9. The number of sulfonamides is 1. The van der Waals surface area contributed by atoms with Crippen LogP contribution in [-0.2, 0) is 14.8 Å². The van der Waals surface area contributed by atoms with E-state index in [1.165, 1.54) is 43.3 Å². The molecule has 2 aromatic carbocycles. The van der Waals surface area contributed by atoms with E-state index in [-0.39, 0.29) is 16.6 Å². The Balaban J connectivity index is 2.16. The molecule has 0 saturated heterocycles. The van der Waals surface area contributed by atoms with Gasteiger partial charge in [-0.15, -0.1) is 0 Å². The predicted molar refractivity (Wildman–Crippen MR) is 92.5 cm³/mol. The summed E-state index contributed by atoms with van der Waals surface area (Å²) < 4.78 is 27.1. The van der Waals surface area contributed by atoms with Gasteiger partial charge in [0.1, 0.15) is 0 Å². The molecule has 0 bridgehead atoms. The topological polar surface area (TPSA) is 92.3 Å². The smallest absolute Gasteiger partial charge is 0.261 e. The normalized spacial score (nSPS) is 10.7. The van der Waals surface area contributed by atoms with E-state index in [1.54, 1.807) is 12.1 Å². The number of ketones is 1. The maximum Gasteiger partial charge on any atom is 0.261 e. The molecule has 0 aromatic heterocycles. The monoisotopic (exact) mass is 344 g/mol. The molecule has 2 N–H and O–H groups in total. The molecule has 124 valence electrons. The summed E-state index contributed by atoms with van der Waals surface area (Å²) >= 11 is 0. The van der Waals surface area contributed by atoms with Gasteiger partial charge in [-0.3, -0.25) is 14.3 Å². The molecule has 0 aliphatic rings. The summed E-state index contributed by atoms with van der Waals surface area (Å²) in [6.45, 7) is 4.77. The lowest BCUT2D eigenvalue weighted by molar-refractivity contribution is -0.111. The van der Waals surface area contributed by atoms with Crippen molar-refractivity contribution < 1.29 is 18.0 Å². The Morgan fingerprint density at radius 2 is 1.50 bits per heavy atom. The van der Waals surface area contributed by atoms with Crippen LogP contribution in [0.3, 0.4) is 0 Å². The molecule has 1 amide bonds. The van der Waals surface area contributed by atoms with Crippen molar-refractivity contribution in [3.63, 3.8) is 0 Å². The molecule has 0 heterocycles. The van der Waals surface area contributed by atoms with Gasteiger partial charge >= 0.3 is 0 Å². The fourth-order valence-corrected chi connectivity index (χ4v) is 2.96. The third-order valence-corrected chi connectivity index (χ3v) is 4.56. The molecule has 0 unspecified atom stereocenters. The Morgan fingerprint density at radius 3 is 2.00 bits per heavy atom. The van der Waals surface area contributed by atoms with Crippen molar-refractivity contribution in [1.29, 1.82) is 0 Å². The minimum atomic E-state index is -3.77. The van der Waals surface area contributed by atoms with E-state index in [0.29, 0.717) is 16.9 Å². The van der Waals surface area contributed by atoms with Crippen LogP contribution in [-0.4, -0.2) is 20.1 Å². The number of Topliss-reactive ketones (excluding diaryl/α,β-unsaturated/α-hetero) is 1. The molecule has 6 nitrogen and oxygen atoms in total. The molecular weight excluding hydrogens is 328 g/mol. The quantitative estimate of drug-likeness (QED) is 0.622. The van der Waals surface area contributed by atoms with Gasteiger partial charge in [0, 0.05) is 16.9 Å². The largest absolute Gasteiger partial charge is 0.323 e. The van der Waals surface area contributed by atoms with Gasteiger partial charge in [0.15, 0.2) is 5.78 Å². The van der Waals surface area contributed by atoms with Gasteiger partial charge in [0.2, 0.25) is 5.91 Å². The SMILES string of the molecule is C=CC(=O)Nc1ccc(S(=O)(=O)Nc2ccc(C(C)=O)cc2)cc1. The Kier molecular flexibility index (Phi) is 5.15. The van der Waals surface area contributed by atoms with Crippen LogP contribution < -0.4 is 10.0 Å². The van der Waals surface area contributed by atoms with Gasteiger partial charge < -0.3 is 5.32 Å². The number of hydrogen-bond donors (Lipinski definition) is 2. The molecule has 7 heteroatoms. The first-order valence-electron chi connectivity index (χ1n) is 6.99. The maximum absolute atomic E-state index is 12.3. The standard InChI is InChI=1S/C17H16N2O4S/c1-3-17(21)18-14-8-10-16(11-9-14)24(22,23)19-15-6-4-13(5-7-15)12(2)20/h3-11,19H,1H2,2H3,(H,18,21). The van der Waals surface area contributed by atoms with Crippen molar-refractivity contribution in [2.24, 2.45) is 0 Å². The van der Waals surface area contributed by atoms with Gasteiger partial charge in [-0.2, -0.15) is 0 Å². The summed E-state index contributed by atoms with van der Waals surface area (Å²) in [4.78, 5) is 22.5. The molecule has 0 fully saturated rings. The van der Waals surface area contributed by atoms with E-state index >= 15 is 0 Å². The fraction of sp³-hybridized carbons (Fsp3) is 0.0588. The summed E-state index contributed by atoms with van der Waals surface area (Å²) in [5, 5.41) is 2.53. The first kappa shape index (κ1) is 17.4. The van der Waals surface area contributed by atoms with E-state index < -0.39 is 10.0 Å². The van der Waals surface area contributed by atoms with Gasteiger partial charge in [-0.25, -0.2) is 8.42 Å². The number of amides is 1. The van der Waals surface area contributed by atoms with E-state index in [9.17, 15) is 18.0 Å². The molecule has 0 saturated carbocycles. The van der Waals surface area contributed by atoms with Crippen LogP contribution in [0.2, 0.25) is 0 Å². The van der Waals surface area contributed by atoms with E-state index in [0.717, 1.165) is 6.08 Å². The molecule has 0 aliphatic carbocycles. The second-order valence-electron chi connectivity index (χ2n) is 4.96. The van der Waals surface area contributed by atoms with Crippen LogP contribution in [0.5, 0.6) is 0 Å². The average Bonchev–Trinajstić information content (AvgIpc) is 2.55. The molecular formula is C17H16N2O4S. The number of carbonyl (C=O) groups excluding carboxylic acids is 2. The van der Waals surface area contributed by atoms with Crippen molar-refractivity contribution in [2.75, 3.05) is 10.0 Å². The second kappa shape index (κ2) is 7.10. The maximum atomic E-state index is 12.3. The van der Waals surface area contributed by atoms with Crippen molar-refractivity contribution in [3.8, 4) is 0 Å². The highest BCUT2D eigenvalue weighted by molar-refractivity contribution is 7.92. The summed E-state index contributed by atoms with van der Waals surface area (Å²) in [5.41, 5.74) is 1.31. The first-order valence-corrected chi connectivity index (χ1v) is 8.47. The average molecular weight is 344 g/mol. The third kappa shape index (κ3) is 4.30. The minimum Gasteiger partial charge on any atom is -0.323 e. The van der Waals surface area contributed by atoms with Crippen molar-refractivity contribution >= 4 is 33.1 Å². The zero-order valence-corrected chi connectivity index (χ0v) is 13.8. The Labute approximate surface area is 140 Å². The number of carbonyl (C=O) groups is 2. The third-order valence-electron chi connectivity index (χ3n) is 3.16. The number of hydrogen-bond acceptors (Lipinski definition) is 4. The van der Waals surface area contributed by atoms with E-state index in [4.69, 9.17) is 0 Å². The van der Waals surface area contributed by atoms with E-state index in [1.807, 2.05) is 0 Å². The van der Waals surface area contributed by atoms with Crippen molar-refractivity contribution in [2.45, 2.75) is 11.8 Å². The summed E-state index contributed by atoms with van der Waals surface area (Å²) in [6, 6.07) is 11.9. The summed E-state index contributed by atoms with van der Waals surface area (Å²) in [5.74, 6) is -0.476. The molecule has 0 aliphatic heterocycles. The molecule has 24 heavy (non-hydrogen) atoms. The van der Waals surface area contributed by atoms with Crippen LogP contribution in [0.15, 0.2) is 66.1 Å². The Hall–Kier alpha value is -2.93. The second-order valence-corrected chi connectivity index (χ2v) is 6.64. The van der Waals surface area contributed by atoms with Gasteiger partial charge in [0.25, 0.3) is 10.0 Å². The predicted octanol–water partition coefficient (Wildman–Crippen LogP) is 2.81. The van der Waals surface area contributed by atoms with Crippen molar-refractivity contribution in [3.05, 3.63) is 66.7 Å². The van der Waals surface area contributed by atoms with E-state index in [2.05, 4.69) is 16.6 Å². The zero-order chi connectivity index (χ0) is 17.7. The van der Waals surface area contributed by atoms with Crippen molar-refractivity contribution in [1.82, 2.24) is 0 Å².